The summed E-state index contributed by atoms with van der Waals surface area (Å²) in [6, 6.07) is 5.87. The van der Waals surface area contributed by atoms with E-state index in [2.05, 4.69) is 27.9 Å². The van der Waals surface area contributed by atoms with E-state index < -0.39 is 6.10 Å². The Labute approximate surface area is 116 Å². The molecular formula is C14H18BrNO2. The minimum absolute atomic E-state index is 0.208. The molecule has 2 atom stereocenters. The molecular weight excluding hydrogens is 294 g/mol. The second-order valence-corrected chi connectivity index (χ2v) is 6.44. The van der Waals surface area contributed by atoms with Crippen molar-refractivity contribution in [2.75, 3.05) is 20.1 Å². The highest BCUT2D eigenvalue weighted by atomic mass is 79.9. The number of benzene rings is 1. The molecule has 0 bridgehead atoms. The summed E-state index contributed by atoms with van der Waals surface area (Å²) < 4.78 is 7.25. The summed E-state index contributed by atoms with van der Waals surface area (Å²) in [6.07, 6.45) is 2.45. The SMILES string of the molecule is CN1CCCC2(C[C@@H](O)c3ccc(Br)cc3O2)C1. The van der Waals surface area contributed by atoms with Crippen LogP contribution in [0.15, 0.2) is 22.7 Å². The number of ether oxygens (including phenoxy) is 1. The predicted molar refractivity (Wildman–Crippen MR) is 73.8 cm³/mol. The first-order valence-electron chi connectivity index (χ1n) is 6.43. The molecule has 4 heteroatoms. The largest absolute Gasteiger partial charge is 0.485 e. The van der Waals surface area contributed by atoms with Crippen LogP contribution in [0.5, 0.6) is 5.75 Å². The summed E-state index contributed by atoms with van der Waals surface area (Å²) >= 11 is 3.46. The van der Waals surface area contributed by atoms with Crippen LogP contribution in [0.25, 0.3) is 0 Å². The third kappa shape index (κ3) is 2.17. The topological polar surface area (TPSA) is 32.7 Å². The van der Waals surface area contributed by atoms with Crippen molar-refractivity contribution in [3.8, 4) is 5.75 Å². The van der Waals surface area contributed by atoms with Crippen LogP contribution in [0.2, 0.25) is 0 Å². The Balaban J connectivity index is 1.94. The lowest BCUT2D eigenvalue weighted by molar-refractivity contribution is -0.0554. The van der Waals surface area contributed by atoms with Gasteiger partial charge in [-0.25, -0.2) is 0 Å². The molecule has 1 N–H and O–H groups in total. The highest BCUT2D eigenvalue weighted by Crippen LogP contribution is 2.44. The van der Waals surface area contributed by atoms with Crippen molar-refractivity contribution in [2.45, 2.75) is 31.0 Å². The lowest BCUT2D eigenvalue weighted by Crippen LogP contribution is -2.52. The number of hydrogen-bond donors (Lipinski definition) is 1. The maximum absolute atomic E-state index is 10.3. The number of rotatable bonds is 0. The maximum atomic E-state index is 10.3. The van der Waals surface area contributed by atoms with Crippen molar-refractivity contribution in [2.24, 2.45) is 0 Å². The van der Waals surface area contributed by atoms with Gasteiger partial charge in [-0.15, -0.1) is 0 Å². The van der Waals surface area contributed by atoms with Gasteiger partial charge < -0.3 is 14.7 Å². The zero-order valence-corrected chi connectivity index (χ0v) is 12.1. The molecule has 18 heavy (non-hydrogen) atoms. The van der Waals surface area contributed by atoms with Crippen LogP contribution in [0.4, 0.5) is 0 Å². The quantitative estimate of drug-likeness (QED) is 0.799. The van der Waals surface area contributed by atoms with Crippen molar-refractivity contribution in [1.82, 2.24) is 4.90 Å². The van der Waals surface area contributed by atoms with Crippen molar-refractivity contribution < 1.29 is 9.84 Å². The minimum atomic E-state index is -0.409. The zero-order chi connectivity index (χ0) is 12.8. The molecule has 1 saturated heterocycles. The first-order chi connectivity index (χ1) is 8.58. The third-order valence-corrected chi connectivity index (χ3v) is 4.45. The molecule has 2 heterocycles. The van der Waals surface area contributed by atoms with Crippen LogP contribution in [-0.2, 0) is 0 Å². The average Bonchev–Trinajstić information content (AvgIpc) is 2.27. The normalized spacial score (nSPS) is 32.1. The Morgan fingerprint density at radius 1 is 1.50 bits per heavy atom. The number of nitrogens with zero attached hydrogens (tertiary/aromatic N) is 1. The van der Waals surface area contributed by atoms with Crippen LogP contribution in [0, 0.1) is 0 Å². The van der Waals surface area contributed by atoms with Gasteiger partial charge in [0, 0.05) is 23.0 Å². The Hall–Kier alpha value is -0.580. The van der Waals surface area contributed by atoms with Crippen molar-refractivity contribution in [1.29, 1.82) is 0 Å². The van der Waals surface area contributed by atoms with Crippen LogP contribution in [0.3, 0.4) is 0 Å². The van der Waals surface area contributed by atoms with Gasteiger partial charge in [-0.2, -0.15) is 0 Å². The van der Waals surface area contributed by atoms with Gasteiger partial charge in [0.15, 0.2) is 0 Å². The van der Waals surface area contributed by atoms with Crippen LogP contribution in [-0.4, -0.2) is 35.7 Å². The number of piperidine rings is 1. The zero-order valence-electron chi connectivity index (χ0n) is 10.5. The minimum Gasteiger partial charge on any atom is -0.485 e. The number of halogens is 1. The summed E-state index contributed by atoms with van der Waals surface area (Å²) in [5.41, 5.74) is 0.706. The monoisotopic (exact) mass is 311 g/mol. The van der Waals surface area contributed by atoms with E-state index in [-0.39, 0.29) is 5.60 Å². The van der Waals surface area contributed by atoms with Gasteiger partial charge in [-0.05, 0) is 38.6 Å². The van der Waals surface area contributed by atoms with E-state index in [1.54, 1.807) is 0 Å². The maximum Gasteiger partial charge on any atom is 0.127 e. The highest BCUT2D eigenvalue weighted by Gasteiger charge is 2.42. The van der Waals surface area contributed by atoms with Crippen molar-refractivity contribution in [3.63, 3.8) is 0 Å². The number of likely N-dealkylation sites (N-methyl/N-ethyl adjacent to an activating group) is 1. The summed E-state index contributed by atoms with van der Waals surface area (Å²) in [6.45, 7) is 2.02. The molecule has 3 nitrogen and oxygen atoms in total. The van der Waals surface area contributed by atoms with E-state index in [1.165, 1.54) is 0 Å². The lowest BCUT2D eigenvalue weighted by Gasteiger charge is -2.45. The van der Waals surface area contributed by atoms with E-state index in [9.17, 15) is 5.11 Å². The number of aliphatic hydroxyl groups excluding tert-OH is 1. The fourth-order valence-corrected chi connectivity index (χ4v) is 3.52. The summed E-state index contributed by atoms with van der Waals surface area (Å²) in [5.74, 6) is 0.832. The van der Waals surface area contributed by atoms with Gasteiger partial charge in [0.05, 0.1) is 6.10 Å². The molecule has 2 aliphatic heterocycles. The van der Waals surface area contributed by atoms with Crippen LogP contribution < -0.4 is 4.74 Å². The van der Waals surface area contributed by atoms with Crippen LogP contribution in [0.1, 0.15) is 30.9 Å². The van der Waals surface area contributed by atoms with E-state index in [1.807, 2.05) is 18.2 Å². The van der Waals surface area contributed by atoms with Gasteiger partial charge in [0.25, 0.3) is 0 Å². The molecule has 1 aromatic carbocycles. The summed E-state index contributed by atoms with van der Waals surface area (Å²) in [7, 11) is 2.12. The lowest BCUT2D eigenvalue weighted by atomic mass is 9.83. The Bertz CT molecular complexity index is 465. The second-order valence-electron chi connectivity index (χ2n) is 5.53. The number of aliphatic hydroxyl groups is 1. The summed E-state index contributed by atoms with van der Waals surface area (Å²) in [5, 5.41) is 10.3. The first kappa shape index (κ1) is 12.5. The first-order valence-corrected chi connectivity index (χ1v) is 7.22. The molecule has 1 aromatic rings. The Morgan fingerprint density at radius 2 is 2.33 bits per heavy atom. The van der Waals surface area contributed by atoms with Crippen molar-refractivity contribution in [3.05, 3.63) is 28.2 Å². The molecule has 0 saturated carbocycles. The van der Waals surface area contributed by atoms with Gasteiger partial charge >= 0.3 is 0 Å². The molecule has 3 rings (SSSR count). The average molecular weight is 312 g/mol. The Morgan fingerprint density at radius 3 is 3.11 bits per heavy atom. The van der Waals surface area contributed by atoms with Gasteiger partial charge in [-0.3, -0.25) is 0 Å². The van der Waals surface area contributed by atoms with Crippen LogP contribution >= 0.6 is 15.9 Å². The van der Waals surface area contributed by atoms with E-state index in [0.29, 0.717) is 6.42 Å². The van der Waals surface area contributed by atoms with Crippen molar-refractivity contribution >= 4 is 15.9 Å². The molecule has 1 unspecified atom stereocenters. The van der Waals surface area contributed by atoms with E-state index in [0.717, 1.165) is 41.7 Å². The molecule has 98 valence electrons. The van der Waals surface area contributed by atoms with Gasteiger partial charge in [0.1, 0.15) is 11.4 Å². The molecule has 1 spiro atoms. The van der Waals surface area contributed by atoms with Gasteiger partial charge in [-0.1, -0.05) is 22.0 Å². The van der Waals surface area contributed by atoms with E-state index >= 15 is 0 Å². The predicted octanol–water partition coefficient (Wildman–Crippen LogP) is 2.73. The standard InChI is InChI=1S/C14H18BrNO2/c1-16-6-2-5-14(9-16)8-12(17)11-4-3-10(15)7-13(11)18-14/h3-4,7,12,17H,2,5-6,8-9H2,1H3/t12-,14?/m1/s1. The third-order valence-electron chi connectivity index (χ3n) is 3.96. The number of likely N-dealkylation sites (tertiary alicyclic amines) is 1. The molecule has 0 aromatic heterocycles. The smallest absolute Gasteiger partial charge is 0.127 e. The fraction of sp³-hybridized carbons (Fsp3) is 0.571. The highest BCUT2D eigenvalue weighted by molar-refractivity contribution is 9.10. The molecule has 0 aliphatic carbocycles. The number of fused-ring (bicyclic) bond motifs is 1. The summed E-state index contributed by atoms with van der Waals surface area (Å²) in [4.78, 5) is 2.29. The number of hydrogen-bond acceptors (Lipinski definition) is 3. The molecule has 1 fully saturated rings. The molecule has 0 amide bonds. The van der Waals surface area contributed by atoms with Gasteiger partial charge in [0.2, 0.25) is 0 Å². The molecule has 0 radical (unpaired) electrons. The van der Waals surface area contributed by atoms with E-state index in [4.69, 9.17) is 4.74 Å². The Kier molecular flexibility index (Phi) is 3.12. The second kappa shape index (κ2) is 4.51. The fourth-order valence-electron chi connectivity index (χ4n) is 3.18. The molecule has 2 aliphatic rings.